The normalized spacial score (nSPS) is 13.3. The minimum Gasteiger partial charge on any atom is -0.353 e. The van der Waals surface area contributed by atoms with Gasteiger partial charge in [0.2, 0.25) is 0 Å². The van der Waals surface area contributed by atoms with Crippen LogP contribution in [0.1, 0.15) is 61.5 Å². The van der Waals surface area contributed by atoms with E-state index >= 15 is 0 Å². The van der Waals surface area contributed by atoms with E-state index in [0.29, 0.717) is 36.3 Å². The van der Waals surface area contributed by atoms with Crippen molar-refractivity contribution in [3.8, 4) is 0 Å². The SMILES string of the molecule is CC(C)CCNC(=O)c1ccc(Cl)nn1.CC(C)CCNC(=O)c1ccc(N2CCNCC2)nn1. The molecule has 0 radical (unpaired) electrons. The van der Waals surface area contributed by atoms with Crippen LogP contribution in [0.2, 0.25) is 5.15 Å². The second-order valence-corrected chi connectivity index (χ2v) is 9.52. The van der Waals surface area contributed by atoms with E-state index in [9.17, 15) is 9.59 Å². The third kappa shape index (κ3) is 11.0. The molecule has 0 aliphatic carbocycles. The van der Waals surface area contributed by atoms with Gasteiger partial charge in [0.15, 0.2) is 22.4 Å². The van der Waals surface area contributed by atoms with Crippen LogP contribution >= 0.6 is 11.6 Å². The first-order chi connectivity index (χ1) is 16.8. The summed E-state index contributed by atoms with van der Waals surface area (Å²) in [5.41, 5.74) is 0.677. The summed E-state index contributed by atoms with van der Waals surface area (Å²) in [5.74, 6) is 1.63. The molecule has 3 N–H and O–H groups in total. The Bertz CT molecular complexity index is 901. The summed E-state index contributed by atoms with van der Waals surface area (Å²) in [4.78, 5) is 25.5. The average Bonchev–Trinajstić information content (AvgIpc) is 2.85. The highest BCUT2D eigenvalue weighted by molar-refractivity contribution is 6.29. The molecule has 192 valence electrons. The van der Waals surface area contributed by atoms with Gasteiger partial charge in [0.1, 0.15) is 0 Å². The van der Waals surface area contributed by atoms with Crippen LogP contribution in [0, 0.1) is 11.8 Å². The van der Waals surface area contributed by atoms with Crippen LogP contribution in [0.15, 0.2) is 24.3 Å². The largest absolute Gasteiger partial charge is 0.353 e. The maximum absolute atomic E-state index is 11.9. The number of aromatic nitrogens is 4. The van der Waals surface area contributed by atoms with Gasteiger partial charge in [-0.05, 0) is 48.9 Å². The van der Waals surface area contributed by atoms with Gasteiger partial charge in [0.05, 0.1) is 0 Å². The van der Waals surface area contributed by atoms with E-state index in [1.165, 1.54) is 0 Å². The number of rotatable bonds is 9. The van der Waals surface area contributed by atoms with Gasteiger partial charge >= 0.3 is 0 Å². The lowest BCUT2D eigenvalue weighted by atomic mass is 10.1. The number of halogens is 1. The number of amides is 2. The molecule has 1 aliphatic heterocycles. The van der Waals surface area contributed by atoms with Gasteiger partial charge in [0, 0.05) is 39.3 Å². The quantitative estimate of drug-likeness (QED) is 0.475. The van der Waals surface area contributed by atoms with E-state index in [-0.39, 0.29) is 17.0 Å². The fraction of sp³-hybridized carbons (Fsp3) is 0.583. The Hall–Kier alpha value is -2.85. The summed E-state index contributed by atoms with van der Waals surface area (Å²) < 4.78 is 0. The van der Waals surface area contributed by atoms with Crippen molar-refractivity contribution >= 4 is 29.2 Å². The van der Waals surface area contributed by atoms with Crippen LogP contribution in [-0.4, -0.2) is 71.5 Å². The predicted molar refractivity (Wildman–Crippen MR) is 138 cm³/mol. The Morgan fingerprint density at radius 1 is 0.857 bits per heavy atom. The van der Waals surface area contributed by atoms with Crippen LogP contribution in [0.5, 0.6) is 0 Å². The van der Waals surface area contributed by atoms with Crippen LogP contribution in [-0.2, 0) is 0 Å². The molecule has 3 heterocycles. The standard InChI is InChI=1S/C14H23N5O.C10H14ClN3O/c1-11(2)5-6-16-14(20)12-3-4-13(18-17-12)19-9-7-15-8-10-19;1-7(2)5-6-12-10(15)8-3-4-9(11)14-13-8/h3-4,11,15H,5-10H2,1-2H3,(H,16,20);3-4,7H,5-6H2,1-2H3,(H,12,15). The first-order valence-electron chi connectivity index (χ1n) is 12.1. The van der Waals surface area contributed by atoms with E-state index in [1.54, 1.807) is 18.2 Å². The number of hydrogen-bond donors (Lipinski definition) is 3. The van der Waals surface area contributed by atoms with Crippen molar-refractivity contribution in [2.24, 2.45) is 11.8 Å². The number of carbonyl (C=O) groups excluding carboxylic acids is 2. The topological polar surface area (TPSA) is 125 Å². The second-order valence-electron chi connectivity index (χ2n) is 9.13. The highest BCUT2D eigenvalue weighted by Gasteiger charge is 2.14. The zero-order valence-corrected chi connectivity index (χ0v) is 21.8. The highest BCUT2D eigenvalue weighted by atomic mass is 35.5. The van der Waals surface area contributed by atoms with Gasteiger partial charge in [-0.2, -0.15) is 0 Å². The van der Waals surface area contributed by atoms with Gasteiger partial charge < -0.3 is 20.9 Å². The molecule has 10 nitrogen and oxygen atoms in total. The number of piperazine rings is 1. The molecule has 0 atom stereocenters. The molecule has 0 spiro atoms. The fourth-order valence-electron chi connectivity index (χ4n) is 3.08. The van der Waals surface area contributed by atoms with E-state index < -0.39 is 0 Å². The van der Waals surface area contributed by atoms with Crippen LogP contribution in [0.3, 0.4) is 0 Å². The molecule has 1 fully saturated rings. The molecular formula is C24H37ClN8O2. The lowest BCUT2D eigenvalue weighted by molar-refractivity contribution is 0.0937. The molecule has 3 rings (SSSR count). The van der Waals surface area contributed by atoms with Crippen molar-refractivity contribution in [2.75, 3.05) is 44.2 Å². The number of nitrogens with one attached hydrogen (secondary N) is 3. The summed E-state index contributed by atoms with van der Waals surface area (Å²) in [6.45, 7) is 13.6. The van der Waals surface area contributed by atoms with Gasteiger partial charge in [-0.25, -0.2) is 0 Å². The number of nitrogens with zero attached hydrogens (tertiary/aromatic N) is 5. The second kappa shape index (κ2) is 15.2. The van der Waals surface area contributed by atoms with Crippen LogP contribution in [0.25, 0.3) is 0 Å². The van der Waals surface area contributed by atoms with Crippen molar-refractivity contribution in [1.29, 1.82) is 0 Å². The summed E-state index contributed by atoms with van der Waals surface area (Å²) in [5, 5.41) is 24.7. The molecule has 2 aromatic rings. The van der Waals surface area contributed by atoms with Crippen molar-refractivity contribution < 1.29 is 9.59 Å². The predicted octanol–water partition coefficient (Wildman–Crippen LogP) is 2.57. The molecule has 0 saturated carbocycles. The van der Waals surface area contributed by atoms with Gasteiger partial charge in [-0.15, -0.1) is 20.4 Å². The smallest absolute Gasteiger partial charge is 0.271 e. The van der Waals surface area contributed by atoms with Crippen LogP contribution < -0.4 is 20.9 Å². The number of hydrogen-bond acceptors (Lipinski definition) is 8. The van der Waals surface area contributed by atoms with Crippen LogP contribution in [0.4, 0.5) is 5.82 Å². The summed E-state index contributed by atoms with van der Waals surface area (Å²) in [6.07, 6.45) is 1.92. The van der Waals surface area contributed by atoms with Gasteiger partial charge in [-0.3, -0.25) is 9.59 Å². The van der Waals surface area contributed by atoms with E-state index in [4.69, 9.17) is 11.6 Å². The zero-order valence-electron chi connectivity index (χ0n) is 21.1. The first-order valence-corrected chi connectivity index (χ1v) is 12.5. The number of anilines is 1. The Morgan fingerprint density at radius 2 is 1.37 bits per heavy atom. The van der Waals surface area contributed by atoms with Crippen molar-refractivity contribution in [2.45, 2.75) is 40.5 Å². The zero-order chi connectivity index (χ0) is 25.6. The molecule has 2 aromatic heterocycles. The van der Waals surface area contributed by atoms with E-state index in [2.05, 4.69) is 68.9 Å². The average molecular weight is 505 g/mol. The van der Waals surface area contributed by atoms with E-state index in [1.807, 2.05) is 6.07 Å². The summed E-state index contributed by atoms with van der Waals surface area (Å²) >= 11 is 5.56. The minimum absolute atomic E-state index is 0.148. The third-order valence-electron chi connectivity index (χ3n) is 5.20. The Kier molecular flexibility index (Phi) is 12.3. The highest BCUT2D eigenvalue weighted by Crippen LogP contribution is 2.10. The maximum Gasteiger partial charge on any atom is 0.271 e. The van der Waals surface area contributed by atoms with Crippen molar-refractivity contribution in [3.63, 3.8) is 0 Å². The first kappa shape index (κ1) is 28.4. The van der Waals surface area contributed by atoms with E-state index in [0.717, 1.165) is 44.8 Å². The Balaban J connectivity index is 0.000000258. The fourth-order valence-corrected chi connectivity index (χ4v) is 3.18. The molecular weight excluding hydrogens is 468 g/mol. The minimum atomic E-state index is -0.209. The van der Waals surface area contributed by atoms with Gasteiger partial charge in [-0.1, -0.05) is 39.3 Å². The van der Waals surface area contributed by atoms with Gasteiger partial charge in [0.25, 0.3) is 11.8 Å². The molecule has 0 bridgehead atoms. The molecule has 0 aromatic carbocycles. The Morgan fingerprint density at radius 3 is 1.80 bits per heavy atom. The molecule has 35 heavy (non-hydrogen) atoms. The number of carbonyl (C=O) groups is 2. The lowest BCUT2D eigenvalue weighted by Gasteiger charge is -2.27. The molecule has 1 saturated heterocycles. The summed E-state index contributed by atoms with van der Waals surface area (Å²) in [6, 6.07) is 6.72. The molecule has 11 heteroatoms. The van der Waals surface area contributed by atoms with Crippen molar-refractivity contribution in [3.05, 3.63) is 40.8 Å². The maximum atomic E-state index is 11.9. The molecule has 0 unspecified atom stereocenters. The van der Waals surface area contributed by atoms with Crippen molar-refractivity contribution in [1.82, 2.24) is 36.3 Å². The third-order valence-corrected chi connectivity index (χ3v) is 5.40. The summed E-state index contributed by atoms with van der Waals surface area (Å²) in [7, 11) is 0. The monoisotopic (exact) mass is 504 g/mol. The lowest BCUT2D eigenvalue weighted by Crippen LogP contribution is -2.44. The Labute approximate surface area is 212 Å². The molecule has 2 amide bonds. The molecule has 1 aliphatic rings.